The molecule has 0 amide bonds. The van der Waals surface area contributed by atoms with Crippen LogP contribution in [0.5, 0.6) is 0 Å². The van der Waals surface area contributed by atoms with Gasteiger partial charge in [-0.15, -0.1) is 0 Å². The molecule has 3 unspecified atom stereocenters. The molecule has 0 heterocycles. The molecule has 2 nitrogen and oxygen atoms in total. The lowest BCUT2D eigenvalue weighted by molar-refractivity contribution is 0.200. The first kappa shape index (κ1) is 14.9. The van der Waals surface area contributed by atoms with Crippen LogP contribution in [0.3, 0.4) is 0 Å². The molecule has 0 spiro atoms. The van der Waals surface area contributed by atoms with E-state index in [1.165, 1.54) is 18.4 Å². The second kappa shape index (κ2) is 7.93. The second-order valence-electron chi connectivity index (χ2n) is 5.34. The molecule has 0 radical (unpaired) electrons. The van der Waals surface area contributed by atoms with Gasteiger partial charge in [-0.1, -0.05) is 30.3 Å². The Bertz CT molecular complexity index is 357. The maximum atomic E-state index is 6.28. The lowest BCUT2D eigenvalue weighted by Gasteiger charge is -2.34. The summed E-state index contributed by atoms with van der Waals surface area (Å²) in [5, 5.41) is 0.607. The Hall–Kier alpha value is -0.510. The molecule has 0 bridgehead atoms. The molecule has 19 heavy (non-hydrogen) atoms. The molecule has 3 heteroatoms. The zero-order valence-electron chi connectivity index (χ0n) is 11.8. The fourth-order valence-electron chi connectivity index (χ4n) is 2.81. The molecule has 2 rings (SSSR count). The smallest absolute Gasteiger partial charge is 0.0470 e. The average Bonchev–Trinajstić information content (AvgIpc) is 2.46. The van der Waals surface area contributed by atoms with Crippen molar-refractivity contribution >= 4 is 11.8 Å². The highest BCUT2D eigenvalue weighted by Gasteiger charge is 2.28. The molecule has 0 aliphatic heterocycles. The van der Waals surface area contributed by atoms with Crippen LogP contribution in [0.1, 0.15) is 37.2 Å². The Labute approximate surface area is 121 Å². The minimum absolute atomic E-state index is 0.368. The number of methoxy groups -OCH3 is 1. The first-order valence-electron chi connectivity index (χ1n) is 7.22. The molecule has 0 aromatic heterocycles. The van der Waals surface area contributed by atoms with Gasteiger partial charge in [0, 0.05) is 25.0 Å². The summed E-state index contributed by atoms with van der Waals surface area (Å²) in [7, 11) is 1.77. The fraction of sp³-hybridized carbons (Fsp3) is 0.625. The van der Waals surface area contributed by atoms with Crippen molar-refractivity contribution in [1.29, 1.82) is 0 Å². The van der Waals surface area contributed by atoms with Gasteiger partial charge in [-0.3, -0.25) is 0 Å². The van der Waals surface area contributed by atoms with Crippen LogP contribution in [0.25, 0.3) is 0 Å². The molecule has 1 saturated carbocycles. The number of nitrogens with two attached hydrogens (primary N) is 1. The van der Waals surface area contributed by atoms with Crippen LogP contribution in [-0.2, 0) is 4.74 Å². The second-order valence-corrected chi connectivity index (χ2v) is 6.69. The van der Waals surface area contributed by atoms with Gasteiger partial charge in [-0.25, -0.2) is 0 Å². The molecular weight excluding hydrogens is 254 g/mol. The Morgan fingerprint density at radius 1 is 1.26 bits per heavy atom. The van der Waals surface area contributed by atoms with Crippen LogP contribution in [0.2, 0.25) is 0 Å². The van der Waals surface area contributed by atoms with Gasteiger partial charge in [0.15, 0.2) is 0 Å². The third-order valence-corrected chi connectivity index (χ3v) is 5.43. The van der Waals surface area contributed by atoms with Crippen LogP contribution in [0.15, 0.2) is 30.3 Å². The van der Waals surface area contributed by atoms with Gasteiger partial charge in [0.1, 0.15) is 0 Å². The van der Waals surface area contributed by atoms with Crippen LogP contribution >= 0.6 is 11.8 Å². The van der Waals surface area contributed by atoms with Crippen molar-refractivity contribution in [2.45, 2.75) is 42.9 Å². The highest BCUT2D eigenvalue weighted by Crippen LogP contribution is 2.37. The van der Waals surface area contributed by atoms with E-state index < -0.39 is 0 Å². The molecule has 3 atom stereocenters. The predicted molar refractivity (Wildman–Crippen MR) is 83.7 cm³/mol. The molecule has 1 aliphatic carbocycles. The summed E-state index contributed by atoms with van der Waals surface area (Å²) in [6.07, 6.45) is 4.74. The van der Waals surface area contributed by atoms with E-state index in [0.29, 0.717) is 17.2 Å². The van der Waals surface area contributed by atoms with E-state index in [1.807, 2.05) is 11.8 Å². The molecule has 2 N–H and O–H groups in total. The number of ether oxygens (including phenoxy) is 1. The topological polar surface area (TPSA) is 35.2 Å². The highest BCUT2D eigenvalue weighted by atomic mass is 32.2. The third-order valence-electron chi connectivity index (χ3n) is 3.94. The molecular formula is C16H25NOS. The van der Waals surface area contributed by atoms with Crippen molar-refractivity contribution in [2.24, 2.45) is 5.73 Å². The van der Waals surface area contributed by atoms with Crippen molar-refractivity contribution in [3.05, 3.63) is 35.9 Å². The number of hydrogen-bond donors (Lipinski definition) is 1. The number of thioether (sulfide) groups is 1. The van der Waals surface area contributed by atoms with Crippen LogP contribution in [0, 0.1) is 0 Å². The number of benzene rings is 1. The van der Waals surface area contributed by atoms with E-state index in [1.54, 1.807) is 7.11 Å². The van der Waals surface area contributed by atoms with E-state index in [-0.39, 0.29) is 0 Å². The summed E-state index contributed by atoms with van der Waals surface area (Å²) >= 11 is 2.04. The van der Waals surface area contributed by atoms with E-state index in [0.717, 1.165) is 25.2 Å². The minimum atomic E-state index is 0.368. The van der Waals surface area contributed by atoms with Gasteiger partial charge in [0.2, 0.25) is 0 Å². The first-order valence-corrected chi connectivity index (χ1v) is 8.27. The zero-order valence-corrected chi connectivity index (χ0v) is 12.6. The number of hydrogen-bond acceptors (Lipinski definition) is 3. The van der Waals surface area contributed by atoms with E-state index >= 15 is 0 Å². The van der Waals surface area contributed by atoms with Crippen LogP contribution in [-0.4, -0.2) is 30.8 Å². The summed E-state index contributed by atoms with van der Waals surface area (Å²) < 4.78 is 5.10. The molecule has 1 aliphatic rings. The Balaban J connectivity index is 1.85. The quantitative estimate of drug-likeness (QED) is 0.810. The van der Waals surface area contributed by atoms with E-state index in [4.69, 9.17) is 10.5 Å². The SMILES string of the molecule is COCCCSC1CC(c2ccccc2)CCC1N. The molecule has 1 aromatic carbocycles. The van der Waals surface area contributed by atoms with Gasteiger partial charge in [-0.05, 0) is 42.9 Å². The maximum Gasteiger partial charge on any atom is 0.0470 e. The van der Waals surface area contributed by atoms with Gasteiger partial charge in [0.05, 0.1) is 0 Å². The summed E-state index contributed by atoms with van der Waals surface area (Å²) in [6.45, 7) is 0.858. The third kappa shape index (κ3) is 4.51. The Morgan fingerprint density at radius 2 is 2.05 bits per heavy atom. The Morgan fingerprint density at radius 3 is 2.79 bits per heavy atom. The highest BCUT2D eigenvalue weighted by molar-refractivity contribution is 7.99. The predicted octanol–water partition coefficient (Wildman–Crippen LogP) is 3.42. The van der Waals surface area contributed by atoms with Gasteiger partial charge >= 0.3 is 0 Å². The van der Waals surface area contributed by atoms with E-state index in [2.05, 4.69) is 30.3 Å². The summed E-state index contributed by atoms with van der Waals surface area (Å²) in [6, 6.07) is 11.3. The summed E-state index contributed by atoms with van der Waals surface area (Å²) in [5.74, 6) is 1.86. The van der Waals surface area contributed by atoms with Crippen molar-refractivity contribution in [1.82, 2.24) is 0 Å². The van der Waals surface area contributed by atoms with Crippen LogP contribution < -0.4 is 5.73 Å². The summed E-state index contributed by atoms with van der Waals surface area (Å²) in [5.41, 5.74) is 7.77. The average molecular weight is 279 g/mol. The zero-order chi connectivity index (χ0) is 13.5. The largest absolute Gasteiger partial charge is 0.385 e. The Kier molecular flexibility index (Phi) is 6.21. The van der Waals surface area contributed by atoms with Crippen molar-refractivity contribution in [3.8, 4) is 0 Å². The maximum absolute atomic E-state index is 6.28. The number of rotatable bonds is 6. The van der Waals surface area contributed by atoms with E-state index in [9.17, 15) is 0 Å². The van der Waals surface area contributed by atoms with Crippen molar-refractivity contribution in [3.63, 3.8) is 0 Å². The van der Waals surface area contributed by atoms with Gasteiger partial charge in [-0.2, -0.15) is 11.8 Å². The van der Waals surface area contributed by atoms with Crippen molar-refractivity contribution < 1.29 is 4.74 Å². The summed E-state index contributed by atoms with van der Waals surface area (Å²) in [4.78, 5) is 0. The van der Waals surface area contributed by atoms with Crippen molar-refractivity contribution in [2.75, 3.05) is 19.5 Å². The van der Waals surface area contributed by atoms with Gasteiger partial charge in [0.25, 0.3) is 0 Å². The molecule has 1 fully saturated rings. The van der Waals surface area contributed by atoms with Crippen LogP contribution in [0.4, 0.5) is 0 Å². The minimum Gasteiger partial charge on any atom is -0.385 e. The molecule has 106 valence electrons. The normalized spacial score (nSPS) is 27.4. The lowest BCUT2D eigenvalue weighted by Crippen LogP contribution is -2.38. The molecule has 0 saturated heterocycles. The standard InChI is InChI=1S/C16H25NOS/c1-18-10-5-11-19-16-12-14(8-9-15(16)17)13-6-3-2-4-7-13/h2-4,6-7,14-16H,5,8-12,17H2,1H3. The first-order chi connectivity index (χ1) is 9.31. The van der Waals surface area contributed by atoms with Gasteiger partial charge < -0.3 is 10.5 Å². The lowest BCUT2D eigenvalue weighted by atomic mass is 9.82. The monoisotopic (exact) mass is 279 g/mol. The fourth-order valence-corrected chi connectivity index (χ4v) is 4.15. The molecule has 1 aromatic rings.